The van der Waals surface area contributed by atoms with Gasteiger partial charge in [-0.25, -0.2) is 4.79 Å². The largest absolute Gasteiger partial charge is 0.461 e. The normalized spacial score (nSPS) is 19.5. The molecule has 4 rings (SSSR count). The average Bonchev–Trinajstić information content (AvgIpc) is 3.13. The molecule has 0 bridgehead atoms. The summed E-state index contributed by atoms with van der Waals surface area (Å²) in [4.78, 5) is 29.1. The molecule has 30 heavy (non-hydrogen) atoms. The van der Waals surface area contributed by atoms with Crippen molar-refractivity contribution in [3.05, 3.63) is 57.4 Å². The molecular weight excluding hydrogens is 398 g/mol. The van der Waals surface area contributed by atoms with E-state index in [-0.39, 0.29) is 17.7 Å². The quantitative estimate of drug-likeness (QED) is 0.552. The Morgan fingerprint density at radius 3 is 2.57 bits per heavy atom. The van der Waals surface area contributed by atoms with Gasteiger partial charge in [-0.15, -0.1) is 0 Å². The van der Waals surface area contributed by atoms with Gasteiger partial charge in [-0.05, 0) is 61.3 Å². The van der Waals surface area contributed by atoms with Crippen LogP contribution in [0.3, 0.4) is 0 Å². The molecule has 1 heterocycles. The molecule has 2 aliphatic rings. The number of fused-ring (bicyclic) bond motifs is 1. The van der Waals surface area contributed by atoms with E-state index in [4.69, 9.17) is 16.3 Å². The third-order valence-corrected chi connectivity index (χ3v) is 6.94. The molecule has 2 aliphatic carbocycles. The third-order valence-electron chi connectivity index (χ3n) is 6.69. The van der Waals surface area contributed by atoms with Crippen molar-refractivity contribution in [2.45, 2.75) is 70.6 Å². The number of rotatable bonds is 6. The molecule has 4 nitrogen and oxygen atoms in total. The Hall–Kier alpha value is -2.07. The van der Waals surface area contributed by atoms with E-state index in [2.05, 4.69) is 4.98 Å². The van der Waals surface area contributed by atoms with Crippen LogP contribution < -0.4 is 0 Å². The molecule has 1 atom stereocenters. The number of carbonyl (C=O) groups excluding carboxylic acids is 2. The van der Waals surface area contributed by atoms with Gasteiger partial charge in [0.2, 0.25) is 0 Å². The van der Waals surface area contributed by atoms with Gasteiger partial charge in [0.15, 0.2) is 5.78 Å². The summed E-state index contributed by atoms with van der Waals surface area (Å²) in [6.45, 7) is 2.14. The van der Waals surface area contributed by atoms with E-state index in [9.17, 15) is 9.59 Å². The Morgan fingerprint density at radius 2 is 1.87 bits per heavy atom. The molecule has 0 spiro atoms. The van der Waals surface area contributed by atoms with Crippen LogP contribution in [0.25, 0.3) is 0 Å². The van der Waals surface area contributed by atoms with Crippen LogP contribution in [0.15, 0.2) is 24.3 Å². The van der Waals surface area contributed by atoms with Crippen LogP contribution in [-0.4, -0.2) is 23.3 Å². The van der Waals surface area contributed by atoms with E-state index >= 15 is 0 Å². The zero-order chi connectivity index (χ0) is 21.1. The molecule has 1 aromatic carbocycles. The summed E-state index contributed by atoms with van der Waals surface area (Å²) >= 11 is 6.02. The Bertz CT molecular complexity index is 909. The van der Waals surface area contributed by atoms with Gasteiger partial charge in [0.1, 0.15) is 5.69 Å². The van der Waals surface area contributed by atoms with Crippen LogP contribution in [0, 0.1) is 5.92 Å². The summed E-state index contributed by atoms with van der Waals surface area (Å²) in [5.74, 6) is 0.574. The van der Waals surface area contributed by atoms with Gasteiger partial charge >= 0.3 is 5.97 Å². The van der Waals surface area contributed by atoms with Crippen LogP contribution in [0.1, 0.15) is 95.5 Å². The predicted octanol–water partition coefficient (Wildman–Crippen LogP) is 6.27. The van der Waals surface area contributed by atoms with Gasteiger partial charge in [-0.3, -0.25) is 4.79 Å². The first-order valence-electron chi connectivity index (χ1n) is 11.3. The minimum Gasteiger partial charge on any atom is -0.461 e. The Kier molecular flexibility index (Phi) is 6.62. The van der Waals surface area contributed by atoms with Gasteiger partial charge in [-0.2, -0.15) is 0 Å². The SMILES string of the molecule is CCOC(=O)c1[nH]c2c(c1CCC1CCCCC1)C(=O)CC(c1ccc(Cl)cc1)C2. The standard InChI is InChI=1S/C25H30ClNO3/c1-2-30-25(29)24-20(13-8-16-6-4-3-5-7-16)23-21(27-24)14-18(15-22(23)28)17-9-11-19(26)12-10-17/h9-12,16,18,27H,2-8,13-15H2,1H3. The number of aromatic amines is 1. The maximum atomic E-state index is 13.2. The van der Waals surface area contributed by atoms with E-state index < -0.39 is 0 Å². The van der Waals surface area contributed by atoms with Crippen molar-refractivity contribution in [2.75, 3.05) is 6.61 Å². The number of carbonyl (C=O) groups is 2. The molecule has 160 valence electrons. The first-order chi connectivity index (χ1) is 14.6. The second-order valence-corrected chi connectivity index (χ2v) is 9.11. The number of Topliss-reactive ketones (excluding diaryl/α,β-unsaturated/α-hetero) is 1. The summed E-state index contributed by atoms with van der Waals surface area (Å²) in [6, 6.07) is 7.71. The van der Waals surface area contributed by atoms with Crippen molar-refractivity contribution < 1.29 is 14.3 Å². The fraction of sp³-hybridized carbons (Fsp3) is 0.520. The van der Waals surface area contributed by atoms with E-state index in [1.54, 1.807) is 0 Å². The smallest absolute Gasteiger partial charge is 0.355 e. The minimum absolute atomic E-state index is 0.0992. The van der Waals surface area contributed by atoms with E-state index in [0.29, 0.717) is 29.7 Å². The van der Waals surface area contributed by atoms with Gasteiger partial charge in [0.05, 0.1) is 6.61 Å². The highest BCUT2D eigenvalue weighted by Gasteiger charge is 2.33. The van der Waals surface area contributed by atoms with Crippen LogP contribution in [0.5, 0.6) is 0 Å². The van der Waals surface area contributed by atoms with E-state index in [1.807, 2.05) is 31.2 Å². The monoisotopic (exact) mass is 427 g/mol. The molecule has 1 N–H and O–H groups in total. The first kappa shape index (κ1) is 21.2. The van der Waals surface area contributed by atoms with Crippen molar-refractivity contribution in [1.29, 1.82) is 0 Å². The minimum atomic E-state index is -0.346. The van der Waals surface area contributed by atoms with E-state index in [0.717, 1.165) is 41.6 Å². The number of ketones is 1. The summed E-state index contributed by atoms with van der Waals surface area (Å²) < 4.78 is 5.30. The van der Waals surface area contributed by atoms with Crippen LogP contribution in [-0.2, 0) is 17.6 Å². The maximum Gasteiger partial charge on any atom is 0.355 e. The molecule has 5 heteroatoms. The second-order valence-electron chi connectivity index (χ2n) is 8.68. The number of H-pyrrole nitrogens is 1. The summed E-state index contributed by atoms with van der Waals surface area (Å²) in [5, 5.41) is 0.691. The summed E-state index contributed by atoms with van der Waals surface area (Å²) in [6.07, 6.45) is 9.41. The third kappa shape index (κ3) is 4.49. The topological polar surface area (TPSA) is 59.2 Å². The van der Waals surface area contributed by atoms with Gasteiger partial charge in [0.25, 0.3) is 0 Å². The molecule has 0 aliphatic heterocycles. The first-order valence-corrected chi connectivity index (χ1v) is 11.6. The number of aromatic nitrogens is 1. The van der Waals surface area contributed by atoms with Gasteiger partial charge in [0, 0.05) is 22.7 Å². The molecule has 2 aromatic rings. The fourth-order valence-electron chi connectivity index (χ4n) is 5.15. The zero-order valence-corrected chi connectivity index (χ0v) is 18.4. The number of benzene rings is 1. The molecule has 1 unspecified atom stereocenters. The van der Waals surface area contributed by atoms with Gasteiger partial charge < -0.3 is 9.72 Å². The van der Waals surface area contributed by atoms with Crippen LogP contribution in [0.4, 0.5) is 0 Å². The number of nitrogens with one attached hydrogen (secondary N) is 1. The van der Waals surface area contributed by atoms with Crippen molar-refractivity contribution in [3.63, 3.8) is 0 Å². The van der Waals surface area contributed by atoms with Crippen molar-refractivity contribution in [3.8, 4) is 0 Å². The molecule has 0 radical (unpaired) electrons. The second kappa shape index (κ2) is 9.38. The lowest BCUT2D eigenvalue weighted by Gasteiger charge is -2.23. The highest BCUT2D eigenvalue weighted by atomic mass is 35.5. The highest BCUT2D eigenvalue weighted by Crippen LogP contribution is 2.37. The zero-order valence-electron chi connectivity index (χ0n) is 17.6. The highest BCUT2D eigenvalue weighted by molar-refractivity contribution is 6.30. The average molecular weight is 428 g/mol. The van der Waals surface area contributed by atoms with Gasteiger partial charge in [-0.1, -0.05) is 55.8 Å². The van der Waals surface area contributed by atoms with Crippen molar-refractivity contribution in [1.82, 2.24) is 4.98 Å². The Morgan fingerprint density at radius 1 is 1.13 bits per heavy atom. The number of hydrogen-bond donors (Lipinski definition) is 1. The maximum absolute atomic E-state index is 13.2. The van der Waals surface area contributed by atoms with Crippen LogP contribution >= 0.6 is 11.6 Å². The van der Waals surface area contributed by atoms with E-state index in [1.165, 1.54) is 32.1 Å². The predicted molar refractivity (Wildman–Crippen MR) is 118 cm³/mol. The molecule has 1 saturated carbocycles. The summed E-state index contributed by atoms with van der Waals surface area (Å²) in [7, 11) is 0. The number of hydrogen-bond acceptors (Lipinski definition) is 3. The van der Waals surface area contributed by atoms with Crippen molar-refractivity contribution in [2.24, 2.45) is 5.92 Å². The number of halogens is 1. The lowest BCUT2D eigenvalue weighted by molar-refractivity contribution is 0.0518. The fourth-order valence-corrected chi connectivity index (χ4v) is 5.28. The Labute approximate surface area is 183 Å². The Balaban J connectivity index is 1.62. The van der Waals surface area contributed by atoms with Crippen molar-refractivity contribution >= 4 is 23.4 Å². The number of ether oxygens (including phenoxy) is 1. The lowest BCUT2D eigenvalue weighted by atomic mass is 9.80. The number of esters is 1. The van der Waals surface area contributed by atoms with Crippen LogP contribution in [0.2, 0.25) is 5.02 Å². The molecule has 0 saturated heterocycles. The molecule has 0 amide bonds. The lowest BCUT2D eigenvalue weighted by Crippen LogP contribution is -2.19. The molecule has 1 fully saturated rings. The molecule has 1 aromatic heterocycles. The summed E-state index contributed by atoms with van der Waals surface area (Å²) in [5.41, 5.74) is 4.11. The molecular formula is C25H30ClNO3.